The topological polar surface area (TPSA) is 134 Å². The highest BCUT2D eigenvalue weighted by atomic mass is 35.5. The molecule has 4 unspecified atom stereocenters. The molecular formula is C68H89Cl2N7O6. The van der Waals surface area contributed by atoms with Crippen LogP contribution in [-0.4, -0.2) is 137 Å². The molecule has 6 saturated heterocycles. The first kappa shape index (κ1) is 61.9. The molecule has 0 spiro atoms. The first-order valence-corrected chi connectivity index (χ1v) is 31.8. The monoisotopic (exact) mass is 1170 g/mol. The third kappa shape index (κ3) is 16.2. The van der Waals surface area contributed by atoms with Gasteiger partial charge in [0.2, 0.25) is 29.5 Å². The van der Waals surface area contributed by atoms with E-state index in [1.165, 1.54) is 36.8 Å². The molecule has 13 nitrogen and oxygen atoms in total. The van der Waals surface area contributed by atoms with Crippen LogP contribution in [0.4, 0.5) is 11.4 Å². The summed E-state index contributed by atoms with van der Waals surface area (Å²) in [6.07, 6.45) is 15.4. The highest BCUT2D eigenvalue weighted by molar-refractivity contribution is 6.32. The van der Waals surface area contributed by atoms with Crippen molar-refractivity contribution in [2.24, 2.45) is 17.8 Å². The van der Waals surface area contributed by atoms with Gasteiger partial charge in [0.25, 0.3) is 0 Å². The van der Waals surface area contributed by atoms with Gasteiger partial charge in [-0.1, -0.05) is 95.5 Å². The maximum atomic E-state index is 13.8. The summed E-state index contributed by atoms with van der Waals surface area (Å²) >= 11 is 13.0. The summed E-state index contributed by atoms with van der Waals surface area (Å²) < 4.78 is 0. The Morgan fingerprint density at radius 3 is 1.43 bits per heavy atom. The van der Waals surface area contributed by atoms with Crippen LogP contribution >= 0.6 is 23.2 Å². The van der Waals surface area contributed by atoms with Crippen molar-refractivity contribution in [3.8, 4) is 0 Å². The maximum absolute atomic E-state index is 13.8. The molecule has 6 aliphatic rings. The quantitative estimate of drug-likeness (QED) is 0.0918. The van der Waals surface area contributed by atoms with Crippen LogP contribution in [0, 0.1) is 38.5 Å². The molecule has 6 heterocycles. The first-order chi connectivity index (χ1) is 40.0. The van der Waals surface area contributed by atoms with Gasteiger partial charge in [0.15, 0.2) is 5.78 Å². The minimum Gasteiger partial charge on any atom is -0.353 e. The average Bonchev–Trinajstić information content (AvgIpc) is 3.89. The zero-order valence-electron chi connectivity index (χ0n) is 49.8. The van der Waals surface area contributed by atoms with E-state index in [1.807, 2.05) is 119 Å². The van der Waals surface area contributed by atoms with E-state index in [0.717, 1.165) is 86.1 Å². The van der Waals surface area contributed by atoms with E-state index < -0.39 is 0 Å². The van der Waals surface area contributed by atoms with Crippen LogP contribution in [0.15, 0.2) is 91.0 Å². The summed E-state index contributed by atoms with van der Waals surface area (Å²) in [6, 6.07) is 32.2. The number of carbonyl (C=O) groups is 6. The Balaban J connectivity index is 0.000000200. The van der Waals surface area contributed by atoms with Gasteiger partial charge in [-0.05, 0) is 164 Å². The van der Waals surface area contributed by atoms with Gasteiger partial charge in [-0.3, -0.25) is 38.6 Å². The van der Waals surface area contributed by atoms with Crippen molar-refractivity contribution < 1.29 is 28.8 Å². The number of halogens is 2. The van der Waals surface area contributed by atoms with E-state index in [9.17, 15) is 28.8 Å². The van der Waals surface area contributed by atoms with Gasteiger partial charge >= 0.3 is 0 Å². The molecule has 0 aromatic heterocycles. The van der Waals surface area contributed by atoms with Gasteiger partial charge in [0.1, 0.15) is 0 Å². The maximum Gasteiger partial charge on any atom is 0.230 e. The Labute approximate surface area is 503 Å². The minimum atomic E-state index is -0.0851. The number of piperidine rings is 4. The lowest BCUT2D eigenvalue weighted by molar-refractivity contribution is -0.133. The largest absolute Gasteiger partial charge is 0.353 e. The van der Waals surface area contributed by atoms with Crippen molar-refractivity contribution in [2.75, 3.05) is 62.2 Å². The molecular weight excluding hydrogens is 1080 g/mol. The molecule has 446 valence electrons. The molecule has 0 aliphatic carbocycles. The minimum absolute atomic E-state index is 0.0771. The fourth-order valence-corrected chi connectivity index (χ4v) is 14.7. The Morgan fingerprint density at radius 2 is 1.00 bits per heavy atom. The predicted molar refractivity (Wildman–Crippen MR) is 332 cm³/mol. The van der Waals surface area contributed by atoms with E-state index in [1.54, 1.807) is 13.8 Å². The van der Waals surface area contributed by atoms with E-state index in [2.05, 4.69) is 27.2 Å². The molecule has 0 saturated carbocycles. The van der Waals surface area contributed by atoms with E-state index in [-0.39, 0.29) is 53.2 Å². The summed E-state index contributed by atoms with van der Waals surface area (Å²) in [5.74, 6) is 1.14. The molecule has 4 aromatic rings. The third-order valence-electron chi connectivity index (χ3n) is 19.2. The fourth-order valence-electron chi connectivity index (χ4n) is 14.4. The van der Waals surface area contributed by atoms with Crippen LogP contribution in [0.1, 0.15) is 149 Å². The smallest absolute Gasteiger partial charge is 0.230 e. The molecule has 5 amide bonds. The second-order valence-corrected chi connectivity index (χ2v) is 25.7. The van der Waals surface area contributed by atoms with Crippen LogP contribution in [0.3, 0.4) is 0 Å². The summed E-state index contributed by atoms with van der Waals surface area (Å²) in [4.78, 5) is 89.6. The van der Waals surface area contributed by atoms with E-state index in [0.29, 0.717) is 118 Å². The number of hydrogen-bond acceptors (Lipinski definition) is 8. The molecule has 15 heteroatoms. The summed E-state index contributed by atoms with van der Waals surface area (Å²) in [7, 11) is 0. The molecule has 10 rings (SSSR count). The number of amides is 5. The number of aryl methyl sites for hydroxylation is 4. The van der Waals surface area contributed by atoms with Gasteiger partial charge in [0, 0.05) is 148 Å². The van der Waals surface area contributed by atoms with Crippen LogP contribution in [0.2, 0.25) is 10.0 Å². The van der Waals surface area contributed by atoms with Crippen LogP contribution in [0.25, 0.3) is 0 Å². The lowest BCUT2D eigenvalue weighted by Gasteiger charge is -2.40. The standard InChI is InChI=1S/C34H45ClN4O3.C34H44ClN3O3/c1-24-9-11-31(23-32(24)35)39(34(42)27-15-19-37(20-16-27)25(2)40)18-6-17-38-29-12-13-30(38)22-28(21-29)36-33(41)14-10-26-7-4-3-5-8-26;1-23-5-8-27(9-6-23)33(40)21-26-19-29-11-12-30(20-26)37(29)15-4-16-38(31-10-7-24(2)32(35)22-31)34(41)28-13-17-36(18-14-28)25(3)39/h3-5,7-9,11,23,27-30H,6,10,12-22H2,1-2H3,(H,36,41);5-10,22,26,28-30H,4,11-21H2,1-3H3. The highest BCUT2D eigenvalue weighted by Crippen LogP contribution is 2.41. The number of hydrogen-bond donors (Lipinski definition) is 1. The summed E-state index contributed by atoms with van der Waals surface area (Å²) in [5, 5.41) is 4.66. The normalized spacial score (nSPS) is 22.8. The zero-order chi connectivity index (χ0) is 58.7. The molecule has 6 fully saturated rings. The van der Waals surface area contributed by atoms with Crippen molar-refractivity contribution in [3.05, 3.63) is 129 Å². The number of nitrogens with one attached hydrogen (secondary N) is 1. The Kier molecular flexibility index (Phi) is 21.6. The number of nitrogens with zero attached hydrogens (tertiary/aromatic N) is 6. The van der Waals surface area contributed by atoms with Gasteiger partial charge in [0.05, 0.1) is 0 Å². The molecule has 0 radical (unpaired) electrons. The second kappa shape index (κ2) is 29.0. The molecule has 4 aromatic carbocycles. The number of anilines is 2. The number of benzene rings is 4. The van der Waals surface area contributed by atoms with Gasteiger partial charge in [-0.15, -0.1) is 0 Å². The molecule has 83 heavy (non-hydrogen) atoms. The number of fused-ring (bicyclic) bond motifs is 4. The van der Waals surface area contributed by atoms with Crippen LogP contribution in [0.5, 0.6) is 0 Å². The van der Waals surface area contributed by atoms with Crippen molar-refractivity contribution >= 4 is 69.9 Å². The number of Topliss-reactive ketones (excluding diaryl/α,β-unsaturated/α-hetero) is 1. The summed E-state index contributed by atoms with van der Waals surface area (Å²) in [6.45, 7) is 14.9. The van der Waals surface area contributed by atoms with E-state index in [4.69, 9.17) is 23.2 Å². The highest BCUT2D eigenvalue weighted by Gasteiger charge is 2.43. The fraction of sp³-hybridized carbons (Fsp3) is 0.559. The molecule has 6 aliphatic heterocycles. The average molecular weight is 1170 g/mol. The molecule has 1 N–H and O–H groups in total. The van der Waals surface area contributed by atoms with Gasteiger partial charge in [-0.25, -0.2) is 0 Å². The van der Waals surface area contributed by atoms with Crippen molar-refractivity contribution in [2.45, 2.75) is 174 Å². The Morgan fingerprint density at radius 1 is 0.554 bits per heavy atom. The van der Waals surface area contributed by atoms with Crippen LogP contribution < -0.4 is 15.1 Å². The number of ketones is 1. The third-order valence-corrected chi connectivity index (χ3v) is 20.0. The predicted octanol–water partition coefficient (Wildman–Crippen LogP) is 11.8. The van der Waals surface area contributed by atoms with Crippen molar-refractivity contribution in [1.29, 1.82) is 0 Å². The molecule has 4 bridgehead atoms. The van der Waals surface area contributed by atoms with Crippen molar-refractivity contribution in [3.63, 3.8) is 0 Å². The van der Waals surface area contributed by atoms with E-state index >= 15 is 0 Å². The lowest BCUT2D eigenvalue weighted by Crippen LogP contribution is -2.51. The number of rotatable bonds is 19. The lowest BCUT2D eigenvalue weighted by atomic mass is 9.85. The second-order valence-electron chi connectivity index (χ2n) is 24.9. The first-order valence-electron chi connectivity index (χ1n) is 31.1. The zero-order valence-corrected chi connectivity index (χ0v) is 51.4. The molecule has 4 atom stereocenters. The Hall–Kier alpha value is -5.60. The van der Waals surface area contributed by atoms with Crippen molar-refractivity contribution in [1.82, 2.24) is 24.9 Å². The number of likely N-dealkylation sites (tertiary alicyclic amines) is 2. The Bertz CT molecular complexity index is 2860. The van der Waals surface area contributed by atoms with Gasteiger partial charge in [-0.2, -0.15) is 0 Å². The summed E-state index contributed by atoms with van der Waals surface area (Å²) in [5.41, 5.74) is 6.91. The number of carbonyl (C=O) groups excluding carboxylic acids is 6. The van der Waals surface area contributed by atoms with Crippen LogP contribution in [-0.2, 0) is 30.4 Å². The van der Waals surface area contributed by atoms with Gasteiger partial charge < -0.3 is 24.9 Å². The SMILES string of the molecule is CC(=O)N1CCC(C(=O)N(CCCN2C3CCC2CC(CC(=O)c2ccc(C)cc2)C3)c2ccc(C)c(Cl)c2)CC1.CC(=O)N1CCC(C(=O)N(CCCN2C3CCC2CC(NC(=O)CCc2ccccc2)C3)c2ccc(C)c(Cl)c2)CC1.